The van der Waals surface area contributed by atoms with Crippen molar-refractivity contribution in [1.29, 1.82) is 0 Å². The average Bonchev–Trinajstić information content (AvgIpc) is 3.28. The number of nitrogens with two attached hydrogens (primary N) is 1. The maximum Gasteiger partial charge on any atom is 0.320 e. The third-order valence-electron chi connectivity index (χ3n) is 6.06. The molecule has 1 heterocycles. The largest absolute Gasteiger partial charge is 0.480 e. The minimum absolute atomic E-state index is 0.0402. The summed E-state index contributed by atoms with van der Waals surface area (Å²) in [5, 5.41) is 11.7. The number of H-pyrrole nitrogens is 1. The standard InChI is InChI=1S/C26H46N4O4/c1-2-3-4-5-6-7-8-9-10-11-12-13-14-17-24(32)28-18-15-16-23(31)25-29-20-21(30-25)19-22(27)26(33)34/h20,22H,2-19,27H2,1H3,(H,28,32)(H,29,30)(H,33,34). The maximum absolute atomic E-state index is 12.2. The first-order valence-electron chi connectivity index (χ1n) is 13.3. The number of rotatable bonds is 22. The van der Waals surface area contributed by atoms with E-state index in [1.807, 2.05) is 0 Å². The zero-order chi connectivity index (χ0) is 25.0. The molecule has 194 valence electrons. The van der Waals surface area contributed by atoms with Crippen molar-refractivity contribution >= 4 is 17.7 Å². The Kier molecular flexibility index (Phi) is 16.8. The van der Waals surface area contributed by atoms with Gasteiger partial charge in [0.1, 0.15) is 6.04 Å². The van der Waals surface area contributed by atoms with Crippen molar-refractivity contribution in [2.24, 2.45) is 5.73 Å². The molecule has 8 nitrogen and oxygen atoms in total. The van der Waals surface area contributed by atoms with Gasteiger partial charge in [-0.2, -0.15) is 0 Å². The number of aromatic amines is 1. The van der Waals surface area contributed by atoms with E-state index in [-0.39, 0.29) is 30.4 Å². The van der Waals surface area contributed by atoms with Crippen molar-refractivity contribution in [2.75, 3.05) is 6.54 Å². The summed E-state index contributed by atoms with van der Waals surface area (Å²) in [6, 6.07) is -1.03. The van der Waals surface area contributed by atoms with E-state index in [0.29, 0.717) is 25.1 Å². The summed E-state index contributed by atoms with van der Waals surface area (Å²) in [7, 11) is 0. The normalized spacial score (nSPS) is 11.9. The third-order valence-corrected chi connectivity index (χ3v) is 6.06. The maximum atomic E-state index is 12.2. The van der Waals surface area contributed by atoms with Crippen molar-refractivity contribution < 1.29 is 19.5 Å². The molecule has 1 aromatic heterocycles. The van der Waals surface area contributed by atoms with Crippen LogP contribution >= 0.6 is 0 Å². The number of carboxylic acid groups (broad SMARTS) is 1. The van der Waals surface area contributed by atoms with E-state index in [2.05, 4.69) is 22.2 Å². The fourth-order valence-electron chi connectivity index (χ4n) is 3.92. The lowest BCUT2D eigenvalue weighted by Gasteiger charge is -2.05. The van der Waals surface area contributed by atoms with Crippen LogP contribution in [0.1, 0.15) is 126 Å². The van der Waals surface area contributed by atoms with Crippen LogP contribution in [0, 0.1) is 0 Å². The predicted octanol–water partition coefficient (Wildman–Crippen LogP) is 4.92. The molecule has 0 saturated carbocycles. The number of nitrogens with zero attached hydrogens (tertiary/aromatic N) is 1. The molecule has 1 atom stereocenters. The number of hydrogen-bond donors (Lipinski definition) is 4. The molecule has 0 radical (unpaired) electrons. The number of nitrogens with one attached hydrogen (secondary N) is 2. The third kappa shape index (κ3) is 14.8. The number of unbranched alkanes of at least 4 members (excludes halogenated alkanes) is 12. The van der Waals surface area contributed by atoms with Gasteiger partial charge in [-0.3, -0.25) is 14.4 Å². The van der Waals surface area contributed by atoms with Gasteiger partial charge < -0.3 is 21.1 Å². The number of Topliss-reactive ketones (excluding diaryl/α,β-unsaturated/α-hetero) is 1. The summed E-state index contributed by atoms with van der Waals surface area (Å²) < 4.78 is 0. The van der Waals surface area contributed by atoms with Crippen LogP contribution in [0.15, 0.2) is 6.20 Å². The van der Waals surface area contributed by atoms with Gasteiger partial charge in [-0.25, -0.2) is 4.98 Å². The van der Waals surface area contributed by atoms with Crippen molar-refractivity contribution in [3.05, 3.63) is 17.7 Å². The highest BCUT2D eigenvalue weighted by Gasteiger charge is 2.16. The van der Waals surface area contributed by atoms with Crippen LogP contribution in [0.2, 0.25) is 0 Å². The van der Waals surface area contributed by atoms with Crippen LogP contribution in [0.25, 0.3) is 0 Å². The van der Waals surface area contributed by atoms with E-state index in [1.54, 1.807) is 0 Å². The molecule has 0 bridgehead atoms. The van der Waals surface area contributed by atoms with Gasteiger partial charge in [0.25, 0.3) is 0 Å². The first-order chi connectivity index (χ1) is 16.4. The summed E-state index contributed by atoms with van der Waals surface area (Å²) in [6.45, 7) is 2.71. The quantitative estimate of drug-likeness (QED) is 0.138. The molecular formula is C26H46N4O4. The zero-order valence-corrected chi connectivity index (χ0v) is 21.1. The molecule has 1 unspecified atom stereocenters. The van der Waals surface area contributed by atoms with Gasteiger partial charge in [0.05, 0.1) is 0 Å². The molecule has 1 amide bonds. The molecule has 5 N–H and O–H groups in total. The minimum atomic E-state index is -1.10. The van der Waals surface area contributed by atoms with E-state index >= 15 is 0 Å². The highest BCUT2D eigenvalue weighted by Crippen LogP contribution is 2.13. The van der Waals surface area contributed by atoms with E-state index in [9.17, 15) is 14.4 Å². The minimum Gasteiger partial charge on any atom is -0.480 e. The number of ketones is 1. The number of carbonyl (C=O) groups excluding carboxylic acids is 2. The summed E-state index contributed by atoms with van der Waals surface area (Å²) >= 11 is 0. The molecule has 0 fully saturated rings. The molecular weight excluding hydrogens is 432 g/mol. The van der Waals surface area contributed by atoms with Crippen LogP contribution in [-0.2, 0) is 16.0 Å². The lowest BCUT2D eigenvalue weighted by Crippen LogP contribution is -2.32. The molecule has 34 heavy (non-hydrogen) atoms. The SMILES string of the molecule is CCCCCCCCCCCCCCCC(=O)NCCCC(=O)c1ncc(CC(N)C(=O)O)[nH]1. The molecule has 1 aromatic rings. The van der Waals surface area contributed by atoms with E-state index in [1.165, 1.54) is 76.8 Å². The number of carboxylic acids is 1. The number of imidazole rings is 1. The number of aromatic nitrogens is 2. The monoisotopic (exact) mass is 478 g/mol. The Labute approximate surface area is 204 Å². The van der Waals surface area contributed by atoms with Gasteiger partial charge in [-0.1, -0.05) is 84.0 Å². The molecule has 0 aliphatic heterocycles. The van der Waals surface area contributed by atoms with E-state index < -0.39 is 12.0 Å². The van der Waals surface area contributed by atoms with Gasteiger partial charge in [0.15, 0.2) is 11.6 Å². The fourth-order valence-corrected chi connectivity index (χ4v) is 3.92. The summed E-state index contributed by atoms with van der Waals surface area (Å²) in [5.74, 6) is -1.03. The van der Waals surface area contributed by atoms with Gasteiger partial charge >= 0.3 is 5.97 Å². The molecule has 0 spiro atoms. The second-order valence-corrected chi connectivity index (χ2v) is 9.28. The Bertz CT molecular complexity index is 705. The van der Waals surface area contributed by atoms with Crippen LogP contribution in [-0.4, -0.2) is 45.3 Å². The van der Waals surface area contributed by atoms with Gasteiger partial charge in [0, 0.05) is 37.7 Å². The van der Waals surface area contributed by atoms with Crippen molar-refractivity contribution in [3.63, 3.8) is 0 Å². The van der Waals surface area contributed by atoms with E-state index in [0.717, 1.165) is 12.8 Å². The molecule has 0 saturated heterocycles. The molecule has 1 rings (SSSR count). The van der Waals surface area contributed by atoms with Crippen molar-refractivity contribution in [1.82, 2.24) is 15.3 Å². The number of aliphatic carboxylic acids is 1. The Morgan fingerprint density at radius 3 is 2.03 bits per heavy atom. The molecule has 8 heteroatoms. The van der Waals surface area contributed by atoms with Crippen LogP contribution in [0.4, 0.5) is 0 Å². The average molecular weight is 479 g/mol. The number of hydrogen-bond acceptors (Lipinski definition) is 5. The number of carbonyl (C=O) groups is 3. The summed E-state index contributed by atoms with van der Waals surface area (Å²) in [5.41, 5.74) is 6.00. The van der Waals surface area contributed by atoms with Crippen LogP contribution < -0.4 is 11.1 Å². The zero-order valence-electron chi connectivity index (χ0n) is 21.1. The van der Waals surface area contributed by atoms with Crippen LogP contribution in [0.5, 0.6) is 0 Å². The number of amides is 1. The van der Waals surface area contributed by atoms with Crippen molar-refractivity contribution in [3.8, 4) is 0 Å². The summed E-state index contributed by atoms with van der Waals surface area (Å²) in [6.07, 6.45) is 19.5. The Morgan fingerprint density at radius 1 is 0.912 bits per heavy atom. The van der Waals surface area contributed by atoms with Gasteiger partial charge in [0.2, 0.25) is 5.91 Å². The Hall–Kier alpha value is -2.22. The molecule has 0 aliphatic rings. The Balaban J connectivity index is 1.96. The second-order valence-electron chi connectivity index (χ2n) is 9.28. The molecule has 0 aliphatic carbocycles. The first-order valence-corrected chi connectivity index (χ1v) is 13.3. The topological polar surface area (TPSA) is 138 Å². The highest BCUT2D eigenvalue weighted by atomic mass is 16.4. The smallest absolute Gasteiger partial charge is 0.320 e. The lowest BCUT2D eigenvalue weighted by atomic mass is 10.0. The van der Waals surface area contributed by atoms with Gasteiger partial charge in [-0.15, -0.1) is 0 Å². The lowest BCUT2D eigenvalue weighted by molar-refractivity contribution is -0.138. The predicted molar refractivity (Wildman–Crippen MR) is 135 cm³/mol. The molecule has 0 aromatic carbocycles. The van der Waals surface area contributed by atoms with Crippen LogP contribution in [0.3, 0.4) is 0 Å². The second kappa shape index (κ2) is 19.1. The van der Waals surface area contributed by atoms with Gasteiger partial charge in [-0.05, 0) is 12.8 Å². The first kappa shape index (κ1) is 29.8. The van der Waals surface area contributed by atoms with E-state index in [4.69, 9.17) is 10.8 Å². The summed E-state index contributed by atoms with van der Waals surface area (Å²) in [4.78, 5) is 41.7. The highest BCUT2D eigenvalue weighted by molar-refractivity contribution is 5.92. The van der Waals surface area contributed by atoms with Crippen molar-refractivity contribution in [2.45, 2.75) is 122 Å². The fraction of sp³-hybridized carbons (Fsp3) is 0.769. The Morgan fingerprint density at radius 2 is 1.47 bits per heavy atom.